The fourth-order valence-electron chi connectivity index (χ4n) is 2.99. The van der Waals surface area contributed by atoms with Gasteiger partial charge >= 0.3 is 6.18 Å². The number of hydrogen-bond acceptors (Lipinski definition) is 4. The molecule has 0 aromatic carbocycles. The number of carbonyl (C=O) groups excluding carboxylic acids is 1. The molecule has 0 saturated heterocycles. The van der Waals surface area contributed by atoms with Crippen molar-refractivity contribution < 1.29 is 18.0 Å². The highest BCUT2D eigenvalue weighted by molar-refractivity contribution is 5.92. The van der Waals surface area contributed by atoms with Crippen LogP contribution in [-0.2, 0) is 4.79 Å². The third kappa shape index (κ3) is 3.55. The molecule has 3 rings (SSSR count). The zero-order valence-corrected chi connectivity index (χ0v) is 12.7. The predicted molar refractivity (Wildman–Crippen MR) is 79.3 cm³/mol. The Bertz CT molecular complexity index is 684. The summed E-state index contributed by atoms with van der Waals surface area (Å²) in [6.45, 7) is 0. The van der Waals surface area contributed by atoms with Gasteiger partial charge in [-0.1, -0.05) is 12.8 Å². The summed E-state index contributed by atoms with van der Waals surface area (Å²) < 4.78 is 40.7. The molecule has 2 heterocycles. The van der Waals surface area contributed by atoms with E-state index in [9.17, 15) is 18.0 Å². The van der Waals surface area contributed by atoms with Crippen LogP contribution >= 0.6 is 0 Å². The Balaban J connectivity index is 1.69. The van der Waals surface area contributed by atoms with Crippen molar-refractivity contribution in [3.05, 3.63) is 31.0 Å². The van der Waals surface area contributed by atoms with Gasteiger partial charge in [-0.2, -0.15) is 18.3 Å². The Kier molecular flexibility index (Phi) is 4.50. The van der Waals surface area contributed by atoms with Gasteiger partial charge in [0.15, 0.2) is 5.82 Å². The maximum atomic E-state index is 13.1. The number of amides is 1. The maximum absolute atomic E-state index is 13.1. The summed E-state index contributed by atoms with van der Waals surface area (Å²) in [5.41, 5.74) is 0.357. The van der Waals surface area contributed by atoms with Crippen LogP contribution in [0.1, 0.15) is 25.7 Å². The predicted octanol–water partition coefficient (Wildman–Crippen LogP) is 2.97. The molecule has 1 aliphatic rings. The van der Waals surface area contributed by atoms with E-state index in [2.05, 4.69) is 20.4 Å². The highest BCUT2D eigenvalue weighted by atomic mass is 19.4. The SMILES string of the molecule is O=C(Nc1ccc(-n2cncn2)nc1)[C@@H]1CCCC[C@@H]1C(F)(F)F. The van der Waals surface area contributed by atoms with Gasteiger partial charge in [0.25, 0.3) is 0 Å². The lowest BCUT2D eigenvalue weighted by Crippen LogP contribution is -2.39. The first kappa shape index (κ1) is 16.4. The number of alkyl halides is 3. The minimum Gasteiger partial charge on any atom is -0.324 e. The minimum absolute atomic E-state index is 0.00503. The van der Waals surface area contributed by atoms with E-state index < -0.39 is 23.9 Å². The molecule has 0 spiro atoms. The Morgan fingerprint density at radius 1 is 1.25 bits per heavy atom. The third-order valence-corrected chi connectivity index (χ3v) is 4.19. The molecule has 1 aliphatic carbocycles. The standard InChI is InChI=1S/C15H16F3N5O/c16-15(17,18)12-4-2-1-3-11(12)14(24)22-10-5-6-13(20-7-10)23-9-19-8-21-23/h5-9,11-12H,1-4H2,(H,22,24)/t11-,12+/m1/s1. The summed E-state index contributed by atoms with van der Waals surface area (Å²) in [4.78, 5) is 20.2. The quantitative estimate of drug-likeness (QED) is 0.933. The number of rotatable bonds is 3. The summed E-state index contributed by atoms with van der Waals surface area (Å²) in [5, 5.41) is 6.46. The van der Waals surface area contributed by atoms with E-state index >= 15 is 0 Å². The van der Waals surface area contributed by atoms with Gasteiger partial charge in [-0.3, -0.25) is 4.79 Å². The summed E-state index contributed by atoms with van der Waals surface area (Å²) in [6, 6.07) is 3.18. The number of aromatic nitrogens is 4. The molecular weight excluding hydrogens is 323 g/mol. The van der Waals surface area contributed by atoms with Gasteiger partial charge in [-0.05, 0) is 25.0 Å². The smallest absolute Gasteiger partial charge is 0.324 e. The van der Waals surface area contributed by atoms with Crippen molar-refractivity contribution in [2.75, 3.05) is 5.32 Å². The molecule has 1 N–H and O–H groups in total. The van der Waals surface area contributed by atoms with Crippen molar-refractivity contribution in [2.24, 2.45) is 11.8 Å². The van der Waals surface area contributed by atoms with Crippen LogP contribution in [0.15, 0.2) is 31.0 Å². The first-order valence-corrected chi connectivity index (χ1v) is 7.64. The second-order valence-electron chi connectivity index (χ2n) is 5.77. The van der Waals surface area contributed by atoms with Crippen molar-refractivity contribution in [3.63, 3.8) is 0 Å². The van der Waals surface area contributed by atoms with E-state index in [0.717, 1.165) is 0 Å². The topological polar surface area (TPSA) is 72.7 Å². The molecule has 1 fully saturated rings. The Labute approximate surface area is 136 Å². The first-order chi connectivity index (χ1) is 11.4. The fraction of sp³-hybridized carbons (Fsp3) is 0.467. The van der Waals surface area contributed by atoms with Gasteiger partial charge in [-0.15, -0.1) is 0 Å². The number of halogens is 3. The molecule has 0 bridgehead atoms. The molecule has 0 radical (unpaired) electrons. The highest BCUT2D eigenvalue weighted by Gasteiger charge is 2.48. The summed E-state index contributed by atoms with van der Waals surface area (Å²) in [5.74, 6) is -2.73. The zero-order valence-electron chi connectivity index (χ0n) is 12.7. The minimum atomic E-state index is -4.35. The van der Waals surface area contributed by atoms with E-state index in [1.54, 1.807) is 12.1 Å². The van der Waals surface area contributed by atoms with Crippen LogP contribution in [0, 0.1) is 11.8 Å². The van der Waals surface area contributed by atoms with Gasteiger partial charge in [0.1, 0.15) is 12.7 Å². The molecule has 6 nitrogen and oxygen atoms in total. The largest absolute Gasteiger partial charge is 0.392 e. The molecule has 0 aliphatic heterocycles. The molecule has 2 atom stereocenters. The van der Waals surface area contributed by atoms with Crippen molar-refractivity contribution in [1.82, 2.24) is 19.7 Å². The van der Waals surface area contributed by atoms with Gasteiger partial charge in [0.05, 0.1) is 17.8 Å². The van der Waals surface area contributed by atoms with Gasteiger partial charge in [0.2, 0.25) is 5.91 Å². The lowest BCUT2D eigenvalue weighted by atomic mass is 9.78. The lowest BCUT2D eigenvalue weighted by Gasteiger charge is -2.31. The fourth-order valence-corrected chi connectivity index (χ4v) is 2.99. The number of nitrogens with zero attached hydrogens (tertiary/aromatic N) is 4. The monoisotopic (exact) mass is 339 g/mol. The number of pyridine rings is 1. The van der Waals surface area contributed by atoms with Crippen molar-refractivity contribution in [3.8, 4) is 5.82 Å². The third-order valence-electron chi connectivity index (χ3n) is 4.19. The number of hydrogen-bond donors (Lipinski definition) is 1. The summed E-state index contributed by atoms with van der Waals surface area (Å²) in [6.07, 6.45) is 1.26. The van der Waals surface area contributed by atoms with E-state index in [1.807, 2.05) is 0 Å². The van der Waals surface area contributed by atoms with Crippen LogP contribution in [-0.4, -0.2) is 31.8 Å². The second kappa shape index (κ2) is 6.58. The molecule has 2 aromatic heterocycles. The van der Waals surface area contributed by atoms with E-state index in [4.69, 9.17) is 0 Å². The van der Waals surface area contributed by atoms with Crippen LogP contribution in [0.4, 0.5) is 18.9 Å². The number of anilines is 1. The van der Waals surface area contributed by atoms with E-state index in [1.165, 1.54) is 23.5 Å². The Morgan fingerprint density at radius 3 is 2.67 bits per heavy atom. The zero-order chi connectivity index (χ0) is 17.2. The molecular formula is C15H16F3N5O. The van der Waals surface area contributed by atoms with Crippen molar-refractivity contribution in [2.45, 2.75) is 31.9 Å². The van der Waals surface area contributed by atoms with Crippen LogP contribution in [0.5, 0.6) is 0 Å². The summed E-state index contributed by atoms with van der Waals surface area (Å²) in [7, 11) is 0. The average molecular weight is 339 g/mol. The Hall–Kier alpha value is -2.45. The normalized spacial score (nSPS) is 21.5. The van der Waals surface area contributed by atoms with Crippen LogP contribution in [0.2, 0.25) is 0 Å². The lowest BCUT2D eigenvalue weighted by molar-refractivity contribution is -0.197. The number of carbonyl (C=O) groups is 1. The molecule has 2 aromatic rings. The van der Waals surface area contributed by atoms with E-state index in [-0.39, 0.29) is 12.8 Å². The molecule has 128 valence electrons. The van der Waals surface area contributed by atoms with Gasteiger partial charge < -0.3 is 5.32 Å². The average Bonchev–Trinajstić information content (AvgIpc) is 3.09. The first-order valence-electron chi connectivity index (χ1n) is 7.64. The second-order valence-corrected chi connectivity index (χ2v) is 5.77. The highest BCUT2D eigenvalue weighted by Crippen LogP contribution is 2.41. The van der Waals surface area contributed by atoms with Crippen molar-refractivity contribution >= 4 is 11.6 Å². The van der Waals surface area contributed by atoms with Crippen LogP contribution in [0.25, 0.3) is 5.82 Å². The van der Waals surface area contributed by atoms with Gasteiger partial charge in [-0.25, -0.2) is 14.6 Å². The van der Waals surface area contributed by atoms with Crippen LogP contribution in [0.3, 0.4) is 0 Å². The van der Waals surface area contributed by atoms with Crippen molar-refractivity contribution in [1.29, 1.82) is 0 Å². The summed E-state index contributed by atoms with van der Waals surface area (Å²) >= 11 is 0. The van der Waals surface area contributed by atoms with Gasteiger partial charge in [0, 0.05) is 5.92 Å². The number of nitrogens with one attached hydrogen (secondary N) is 1. The van der Waals surface area contributed by atoms with Crippen LogP contribution < -0.4 is 5.32 Å². The Morgan fingerprint density at radius 2 is 2.04 bits per heavy atom. The molecule has 1 amide bonds. The molecule has 9 heteroatoms. The van der Waals surface area contributed by atoms with E-state index in [0.29, 0.717) is 24.3 Å². The molecule has 1 saturated carbocycles. The molecule has 24 heavy (non-hydrogen) atoms. The maximum Gasteiger partial charge on any atom is 0.392 e. The molecule has 0 unspecified atom stereocenters.